The second-order valence-corrected chi connectivity index (χ2v) is 7.47. The molecular weight excluding hydrogens is 258 g/mol. The van der Waals surface area contributed by atoms with Crippen LogP contribution in [0, 0.1) is 10.8 Å². The Kier molecular flexibility index (Phi) is 6.89. The average molecular weight is 291 g/mol. The molecule has 0 heterocycles. The molecule has 1 atom stereocenters. The zero-order valence-electron chi connectivity index (χ0n) is 14.4. The van der Waals surface area contributed by atoms with Crippen molar-refractivity contribution in [2.45, 2.75) is 59.9 Å². The molecule has 0 aliphatic heterocycles. The molecule has 0 spiro atoms. The number of rotatable bonds is 8. The van der Waals surface area contributed by atoms with E-state index in [4.69, 9.17) is 0 Å². The molecule has 2 heteroatoms. The number of aliphatic hydroxyl groups is 1. The highest BCUT2D eigenvalue weighted by atomic mass is 16.3. The summed E-state index contributed by atoms with van der Waals surface area (Å²) in [6.45, 7) is 12.3. The van der Waals surface area contributed by atoms with E-state index in [0.717, 1.165) is 25.8 Å². The van der Waals surface area contributed by atoms with E-state index in [-0.39, 0.29) is 17.4 Å². The highest BCUT2D eigenvalue weighted by molar-refractivity contribution is 5.19. The molecule has 1 aromatic carbocycles. The SMILES string of the molecule is CCC(CC)(CO)CNC(CC(C)(C)C)c1ccccc1. The molecule has 2 N–H and O–H groups in total. The lowest BCUT2D eigenvalue weighted by molar-refractivity contribution is 0.107. The summed E-state index contributed by atoms with van der Waals surface area (Å²) in [5.74, 6) is 0. The van der Waals surface area contributed by atoms with Crippen molar-refractivity contribution < 1.29 is 5.11 Å². The monoisotopic (exact) mass is 291 g/mol. The van der Waals surface area contributed by atoms with Crippen LogP contribution in [0.3, 0.4) is 0 Å². The van der Waals surface area contributed by atoms with Gasteiger partial charge in [0.05, 0.1) is 0 Å². The fourth-order valence-corrected chi connectivity index (χ4v) is 2.72. The average Bonchev–Trinajstić information content (AvgIpc) is 2.47. The molecule has 1 unspecified atom stereocenters. The van der Waals surface area contributed by atoms with E-state index in [9.17, 15) is 5.11 Å². The van der Waals surface area contributed by atoms with Crippen molar-refractivity contribution in [2.24, 2.45) is 10.8 Å². The predicted molar refractivity (Wildman–Crippen MR) is 91.4 cm³/mol. The van der Waals surface area contributed by atoms with Crippen molar-refractivity contribution in [3.63, 3.8) is 0 Å². The van der Waals surface area contributed by atoms with Crippen molar-refractivity contribution >= 4 is 0 Å². The number of benzene rings is 1. The van der Waals surface area contributed by atoms with Crippen LogP contribution in [-0.2, 0) is 0 Å². The van der Waals surface area contributed by atoms with Gasteiger partial charge in [-0.05, 0) is 30.2 Å². The Labute approximate surface area is 131 Å². The maximum absolute atomic E-state index is 9.75. The fraction of sp³-hybridized carbons (Fsp3) is 0.684. The minimum atomic E-state index is 0.00488. The molecule has 2 nitrogen and oxygen atoms in total. The minimum absolute atomic E-state index is 0.00488. The minimum Gasteiger partial charge on any atom is -0.396 e. The van der Waals surface area contributed by atoms with Gasteiger partial charge in [0.25, 0.3) is 0 Å². The zero-order chi connectivity index (χ0) is 15.9. The first-order valence-electron chi connectivity index (χ1n) is 8.25. The van der Waals surface area contributed by atoms with Gasteiger partial charge in [0.1, 0.15) is 0 Å². The van der Waals surface area contributed by atoms with Crippen molar-refractivity contribution in [1.82, 2.24) is 5.32 Å². The Hall–Kier alpha value is -0.860. The summed E-state index contributed by atoms with van der Waals surface area (Å²) in [4.78, 5) is 0. The van der Waals surface area contributed by atoms with Crippen molar-refractivity contribution in [2.75, 3.05) is 13.2 Å². The van der Waals surface area contributed by atoms with Crippen molar-refractivity contribution in [3.05, 3.63) is 35.9 Å². The number of nitrogens with one attached hydrogen (secondary N) is 1. The first-order chi connectivity index (χ1) is 9.86. The third-order valence-electron chi connectivity index (χ3n) is 4.58. The van der Waals surface area contributed by atoms with Crippen molar-refractivity contribution in [3.8, 4) is 0 Å². The molecule has 120 valence electrons. The zero-order valence-corrected chi connectivity index (χ0v) is 14.4. The van der Waals surface area contributed by atoms with Crippen LogP contribution in [0.5, 0.6) is 0 Å². The normalized spacial score (nSPS) is 14.2. The fourth-order valence-electron chi connectivity index (χ4n) is 2.72. The lowest BCUT2D eigenvalue weighted by Gasteiger charge is -2.34. The van der Waals surface area contributed by atoms with E-state index in [1.165, 1.54) is 5.56 Å². The molecule has 0 bridgehead atoms. The largest absolute Gasteiger partial charge is 0.396 e. The maximum Gasteiger partial charge on any atom is 0.0499 e. The van der Waals surface area contributed by atoms with E-state index < -0.39 is 0 Å². The molecule has 1 aromatic rings. The second-order valence-electron chi connectivity index (χ2n) is 7.47. The van der Waals surface area contributed by atoms with Gasteiger partial charge in [-0.15, -0.1) is 0 Å². The van der Waals surface area contributed by atoms with Gasteiger partial charge < -0.3 is 10.4 Å². The summed E-state index contributed by atoms with van der Waals surface area (Å²) in [6.07, 6.45) is 3.10. The van der Waals surface area contributed by atoms with E-state index in [0.29, 0.717) is 6.04 Å². The van der Waals surface area contributed by atoms with Crippen molar-refractivity contribution in [1.29, 1.82) is 0 Å². The van der Waals surface area contributed by atoms with Crippen LogP contribution in [0.2, 0.25) is 0 Å². The number of aliphatic hydroxyl groups excluding tert-OH is 1. The van der Waals surface area contributed by atoms with Gasteiger partial charge in [-0.2, -0.15) is 0 Å². The third kappa shape index (κ3) is 5.80. The van der Waals surface area contributed by atoms with Gasteiger partial charge in [0, 0.05) is 24.6 Å². The molecule has 0 amide bonds. The third-order valence-corrected chi connectivity index (χ3v) is 4.58. The first-order valence-corrected chi connectivity index (χ1v) is 8.25. The van der Waals surface area contributed by atoms with Crippen LogP contribution in [0.15, 0.2) is 30.3 Å². The summed E-state index contributed by atoms with van der Waals surface area (Å²) >= 11 is 0. The smallest absolute Gasteiger partial charge is 0.0499 e. The molecule has 0 saturated carbocycles. The Morgan fingerprint density at radius 3 is 2.05 bits per heavy atom. The number of hydrogen-bond acceptors (Lipinski definition) is 2. The number of hydrogen-bond donors (Lipinski definition) is 2. The van der Waals surface area contributed by atoms with E-state index in [2.05, 4.69) is 70.3 Å². The van der Waals surface area contributed by atoms with Gasteiger partial charge in [-0.1, -0.05) is 65.0 Å². The standard InChI is InChI=1S/C19H33NO/c1-6-19(7-2,15-21)14-20-17(13-18(3,4)5)16-11-9-8-10-12-16/h8-12,17,20-21H,6-7,13-15H2,1-5H3. The summed E-state index contributed by atoms with van der Waals surface area (Å²) in [7, 11) is 0. The topological polar surface area (TPSA) is 32.3 Å². The lowest BCUT2D eigenvalue weighted by Crippen LogP contribution is -2.39. The van der Waals surface area contributed by atoms with Crippen LogP contribution >= 0.6 is 0 Å². The van der Waals surface area contributed by atoms with Crippen LogP contribution in [0.4, 0.5) is 0 Å². The lowest BCUT2D eigenvalue weighted by atomic mass is 9.81. The Bertz CT molecular complexity index is 382. The molecule has 0 aliphatic carbocycles. The summed E-state index contributed by atoms with van der Waals surface area (Å²) in [6, 6.07) is 11.0. The van der Waals surface area contributed by atoms with Crippen LogP contribution in [0.1, 0.15) is 65.5 Å². The highest BCUT2D eigenvalue weighted by Crippen LogP contribution is 2.31. The van der Waals surface area contributed by atoms with Crippen LogP contribution in [0.25, 0.3) is 0 Å². The quantitative estimate of drug-likeness (QED) is 0.736. The Balaban J connectivity index is 2.83. The molecule has 1 rings (SSSR count). The van der Waals surface area contributed by atoms with Gasteiger partial charge in [-0.25, -0.2) is 0 Å². The van der Waals surface area contributed by atoms with Gasteiger partial charge >= 0.3 is 0 Å². The predicted octanol–water partition coefficient (Wildman–Crippen LogP) is 4.55. The van der Waals surface area contributed by atoms with Crippen LogP contribution in [-0.4, -0.2) is 18.3 Å². The van der Waals surface area contributed by atoms with Gasteiger partial charge in [0.15, 0.2) is 0 Å². The molecular formula is C19H33NO. The van der Waals surface area contributed by atoms with Gasteiger partial charge in [-0.3, -0.25) is 0 Å². The maximum atomic E-state index is 9.75. The molecule has 0 aliphatic rings. The Morgan fingerprint density at radius 2 is 1.62 bits per heavy atom. The van der Waals surface area contributed by atoms with E-state index in [1.807, 2.05) is 0 Å². The van der Waals surface area contributed by atoms with Crippen LogP contribution < -0.4 is 5.32 Å². The summed E-state index contributed by atoms with van der Waals surface area (Å²) < 4.78 is 0. The molecule has 21 heavy (non-hydrogen) atoms. The molecule has 0 radical (unpaired) electrons. The first kappa shape index (κ1) is 18.2. The van der Waals surface area contributed by atoms with Gasteiger partial charge in [0.2, 0.25) is 0 Å². The Morgan fingerprint density at radius 1 is 1.05 bits per heavy atom. The summed E-state index contributed by atoms with van der Waals surface area (Å²) in [5.41, 5.74) is 1.62. The van der Waals surface area contributed by atoms with E-state index >= 15 is 0 Å². The summed E-state index contributed by atoms with van der Waals surface area (Å²) in [5, 5.41) is 13.5. The second kappa shape index (κ2) is 7.95. The molecule has 0 aromatic heterocycles. The highest BCUT2D eigenvalue weighted by Gasteiger charge is 2.27. The molecule has 0 saturated heterocycles. The molecule has 0 fully saturated rings. The van der Waals surface area contributed by atoms with E-state index in [1.54, 1.807) is 0 Å².